The predicted molar refractivity (Wildman–Crippen MR) is 105 cm³/mol. The van der Waals surface area contributed by atoms with E-state index in [1.54, 1.807) is 17.9 Å². The van der Waals surface area contributed by atoms with Gasteiger partial charge in [0.2, 0.25) is 15.9 Å². The number of aryl methyl sites for hydroxylation is 1. The second kappa shape index (κ2) is 9.38. The fourth-order valence-corrected chi connectivity index (χ4v) is 4.25. The topological polar surface area (TPSA) is 119 Å². The first-order valence-electron chi connectivity index (χ1n) is 9.40. The maximum Gasteiger partial charge on any atom is 0.260 e. The summed E-state index contributed by atoms with van der Waals surface area (Å²) in [5.74, 6) is 0.00115. The van der Waals surface area contributed by atoms with Gasteiger partial charge in [-0.1, -0.05) is 13.8 Å². The van der Waals surface area contributed by atoms with Crippen LogP contribution in [0.25, 0.3) is 0 Å². The predicted octanol–water partition coefficient (Wildman–Crippen LogP) is 1.03. The SMILES string of the molecule is Cc1cc(S(=O)(=O)NCC(C)C)ccc1OCC(=O)N1CCC(C(N)=O)CC1. The molecule has 0 radical (unpaired) electrons. The lowest BCUT2D eigenvalue weighted by Gasteiger charge is -2.30. The van der Waals surface area contributed by atoms with Gasteiger partial charge in [-0.15, -0.1) is 0 Å². The fourth-order valence-electron chi connectivity index (χ4n) is 2.95. The zero-order valence-corrected chi connectivity index (χ0v) is 17.4. The van der Waals surface area contributed by atoms with Crippen LogP contribution in [0.15, 0.2) is 23.1 Å². The van der Waals surface area contributed by atoms with E-state index in [1.807, 2.05) is 13.8 Å². The largest absolute Gasteiger partial charge is 0.483 e. The number of sulfonamides is 1. The highest BCUT2D eigenvalue weighted by atomic mass is 32.2. The molecule has 2 amide bonds. The standard InChI is InChI=1S/C19H29N3O5S/c1-13(2)11-21-28(25,26)16-4-5-17(14(3)10-16)27-12-18(23)22-8-6-15(7-9-22)19(20)24/h4-5,10,13,15,21H,6-9,11-12H2,1-3H3,(H2,20,24). The van der Waals surface area contributed by atoms with Crippen LogP contribution in [0.4, 0.5) is 0 Å². The highest BCUT2D eigenvalue weighted by Gasteiger charge is 2.26. The number of carbonyl (C=O) groups is 2. The number of primary amides is 1. The highest BCUT2D eigenvalue weighted by Crippen LogP contribution is 2.22. The summed E-state index contributed by atoms with van der Waals surface area (Å²) in [7, 11) is -3.57. The average molecular weight is 412 g/mol. The Bertz CT molecular complexity index is 815. The monoisotopic (exact) mass is 411 g/mol. The van der Waals surface area contributed by atoms with Gasteiger partial charge < -0.3 is 15.4 Å². The third-order valence-corrected chi connectivity index (χ3v) is 6.16. The molecule has 1 aliphatic rings. The van der Waals surface area contributed by atoms with Crippen LogP contribution in [0, 0.1) is 18.8 Å². The van der Waals surface area contributed by atoms with E-state index in [-0.39, 0.29) is 35.2 Å². The van der Waals surface area contributed by atoms with Crippen LogP contribution in [0.3, 0.4) is 0 Å². The molecule has 0 spiro atoms. The Morgan fingerprint density at radius 3 is 2.46 bits per heavy atom. The molecule has 0 bridgehead atoms. The van der Waals surface area contributed by atoms with Crippen LogP contribution in [-0.4, -0.2) is 51.4 Å². The lowest BCUT2D eigenvalue weighted by atomic mass is 9.96. The summed E-state index contributed by atoms with van der Waals surface area (Å²) < 4.78 is 32.8. The van der Waals surface area contributed by atoms with Crippen molar-refractivity contribution in [3.63, 3.8) is 0 Å². The molecule has 2 rings (SSSR count). The number of carbonyl (C=O) groups excluding carboxylic acids is 2. The number of piperidine rings is 1. The quantitative estimate of drug-likeness (QED) is 0.662. The summed E-state index contributed by atoms with van der Waals surface area (Å²) >= 11 is 0. The number of nitrogens with zero attached hydrogens (tertiary/aromatic N) is 1. The maximum absolute atomic E-state index is 12.3. The van der Waals surface area contributed by atoms with Gasteiger partial charge in [0, 0.05) is 25.6 Å². The van der Waals surface area contributed by atoms with Crippen molar-refractivity contribution in [1.29, 1.82) is 0 Å². The van der Waals surface area contributed by atoms with Crippen LogP contribution in [0.2, 0.25) is 0 Å². The second-order valence-corrected chi connectivity index (χ2v) is 9.29. The van der Waals surface area contributed by atoms with Crippen molar-refractivity contribution in [2.24, 2.45) is 17.6 Å². The van der Waals surface area contributed by atoms with E-state index in [2.05, 4.69) is 4.72 Å². The normalized spacial score (nSPS) is 15.6. The van der Waals surface area contributed by atoms with Crippen molar-refractivity contribution in [2.45, 2.75) is 38.5 Å². The molecule has 0 atom stereocenters. The Balaban J connectivity index is 1.93. The van der Waals surface area contributed by atoms with Gasteiger partial charge in [0.25, 0.3) is 5.91 Å². The van der Waals surface area contributed by atoms with E-state index in [4.69, 9.17) is 10.5 Å². The van der Waals surface area contributed by atoms with Crippen LogP contribution in [0.1, 0.15) is 32.3 Å². The molecule has 8 nitrogen and oxygen atoms in total. The van der Waals surface area contributed by atoms with Gasteiger partial charge in [-0.25, -0.2) is 13.1 Å². The van der Waals surface area contributed by atoms with E-state index >= 15 is 0 Å². The number of ether oxygens (including phenoxy) is 1. The zero-order valence-electron chi connectivity index (χ0n) is 16.6. The Kier molecular flexibility index (Phi) is 7.42. The molecule has 0 aromatic heterocycles. The molecule has 3 N–H and O–H groups in total. The summed E-state index contributed by atoms with van der Waals surface area (Å²) in [6, 6.07) is 4.56. The molecule has 156 valence electrons. The van der Waals surface area contributed by atoms with E-state index in [0.717, 1.165) is 0 Å². The molecule has 28 heavy (non-hydrogen) atoms. The number of hydrogen-bond donors (Lipinski definition) is 2. The van der Waals surface area contributed by atoms with Crippen LogP contribution in [-0.2, 0) is 19.6 Å². The zero-order chi connectivity index (χ0) is 20.9. The van der Waals surface area contributed by atoms with Gasteiger partial charge in [-0.05, 0) is 49.4 Å². The molecular formula is C19H29N3O5S. The minimum Gasteiger partial charge on any atom is -0.483 e. The van der Waals surface area contributed by atoms with Crippen molar-refractivity contribution >= 4 is 21.8 Å². The van der Waals surface area contributed by atoms with Crippen LogP contribution in [0.5, 0.6) is 5.75 Å². The minimum atomic E-state index is -3.57. The van der Waals surface area contributed by atoms with Gasteiger partial charge >= 0.3 is 0 Å². The number of amides is 2. The molecule has 1 saturated heterocycles. The lowest BCUT2D eigenvalue weighted by Crippen LogP contribution is -2.43. The number of rotatable bonds is 8. The van der Waals surface area contributed by atoms with Crippen molar-refractivity contribution in [2.75, 3.05) is 26.2 Å². The smallest absolute Gasteiger partial charge is 0.260 e. The molecule has 0 aliphatic carbocycles. The highest BCUT2D eigenvalue weighted by molar-refractivity contribution is 7.89. The Hall–Kier alpha value is -2.13. The van der Waals surface area contributed by atoms with Crippen molar-refractivity contribution in [1.82, 2.24) is 9.62 Å². The van der Waals surface area contributed by atoms with Gasteiger partial charge in [-0.2, -0.15) is 0 Å². The Labute approximate surface area is 166 Å². The summed E-state index contributed by atoms with van der Waals surface area (Å²) in [6.07, 6.45) is 1.13. The molecule has 1 aliphatic heterocycles. The first-order chi connectivity index (χ1) is 13.1. The fraction of sp³-hybridized carbons (Fsp3) is 0.579. The molecule has 1 fully saturated rings. The minimum absolute atomic E-state index is 0.139. The summed E-state index contributed by atoms with van der Waals surface area (Å²) in [5.41, 5.74) is 5.93. The molecule has 0 unspecified atom stereocenters. The molecule has 1 aromatic carbocycles. The number of benzene rings is 1. The maximum atomic E-state index is 12.3. The summed E-state index contributed by atoms with van der Waals surface area (Å²) in [6.45, 7) is 6.77. The summed E-state index contributed by atoms with van der Waals surface area (Å²) in [5, 5.41) is 0. The van der Waals surface area contributed by atoms with Gasteiger partial charge in [0.1, 0.15) is 5.75 Å². The molecule has 9 heteroatoms. The number of hydrogen-bond acceptors (Lipinski definition) is 5. The van der Waals surface area contributed by atoms with Crippen molar-refractivity contribution < 1.29 is 22.7 Å². The third-order valence-electron chi connectivity index (χ3n) is 4.74. The van der Waals surface area contributed by atoms with Gasteiger partial charge in [0.15, 0.2) is 6.61 Å². The number of likely N-dealkylation sites (tertiary alicyclic amines) is 1. The molecule has 0 saturated carbocycles. The Morgan fingerprint density at radius 1 is 1.29 bits per heavy atom. The van der Waals surface area contributed by atoms with E-state index in [9.17, 15) is 18.0 Å². The first-order valence-corrected chi connectivity index (χ1v) is 10.9. The van der Waals surface area contributed by atoms with Crippen LogP contribution < -0.4 is 15.2 Å². The number of nitrogens with one attached hydrogen (secondary N) is 1. The number of nitrogens with two attached hydrogens (primary N) is 1. The lowest BCUT2D eigenvalue weighted by molar-refractivity contribution is -0.136. The molecule has 1 aromatic rings. The third kappa shape index (κ3) is 5.93. The first kappa shape index (κ1) is 22.2. The molecular weight excluding hydrogens is 382 g/mol. The average Bonchev–Trinajstić information content (AvgIpc) is 2.65. The van der Waals surface area contributed by atoms with E-state index < -0.39 is 10.0 Å². The molecule has 1 heterocycles. The summed E-state index contributed by atoms with van der Waals surface area (Å²) in [4.78, 5) is 25.3. The van der Waals surface area contributed by atoms with Crippen molar-refractivity contribution in [3.05, 3.63) is 23.8 Å². The van der Waals surface area contributed by atoms with E-state index in [0.29, 0.717) is 43.8 Å². The Morgan fingerprint density at radius 2 is 1.93 bits per heavy atom. The van der Waals surface area contributed by atoms with Gasteiger partial charge in [-0.3, -0.25) is 9.59 Å². The van der Waals surface area contributed by atoms with Crippen LogP contribution >= 0.6 is 0 Å². The van der Waals surface area contributed by atoms with E-state index in [1.165, 1.54) is 12.1 Å². The van der Waals surface area contributed by atoms with Gasteiger partial charge in [0.05, 0.1) is 4.90 Å². The van der Waals surface area contributed by atoms with Crippen molar-refractivity contribution in [3.8, 4) is 5.75 Å². The second-order valence-electron chi connectivity index (χ2n) is 7.52.